The van der Waals surface area contributed by atoms with Gasteiger partial charge in [0.25, 0.3) is 0 Å². The lowest BCUT2D eigenvalue weighted by Gasteiger charge is -2.20. The second-order valence-corrected chi connectivity index (χ2v) is 5.62. The van der Waals surface area contributed by atoms with Crippen molar-refractivity contribution in [2.75, 3.05) is 13.7 Å². The van der Waals surface area contributed by atoms with Gasteiger partial charge in [0, 0.05) is 6.42 Å². The van der Waals surface area contributed by atoms with Crippen LogP contribution in [0.25, 0.3) is 0 Å². The Morgan fingerprint density at radius 3 is 2.62 bits per heavy atom. The predicted molar refractivity (Wildman–Crippen MR) is 81.3 cm³/mol. The number of hydrogen-bond donors (Lipinski definition) is 0. The molecule has 0 unspecified atom stereocenters. The molecule has 4 heteroatoms. The molecule has 1 aromatic rings. The van der Waals surface area contributed by atoms with E-state index in [0.29, 0.717) is 13.2 Å². The third-order valence-corrected chi connectivity index (χ3v) is 3.45. The minimum atomic E-state index is -0.494. The summed E-state index contributed by atoms with van der Waals surface area (Å²) in [7, 11) is 1.66. The maximum Gasteiger partial charge on any atom is 0.163 e. The summed E-state index contributed by atoms with van der Waals surface area (Å²) in [5, 5.41) is 0. The van der Waals surface area contributed by atoms with Crippen molar-refractivity contribution in [2.24, 2.45) is 0 Å². The van der Waals surface area contributed by atoms with Crippen molar-refractivity contribution in [2.45, 2.75) is 44.9 Å². The van der Waals surface area contributed by atoms with E-state index >= 15 is 0 Å². The van der Waals surface area contributed by atoms with Crippen LogP contribution in [0.3, 0.4) is 0 Å². The molecule has 4 nitrogen and oxygen atoms in total. The minimum absolute atomic E-state index is 0.0467. The van der Waals surface area contributed by atoms with Crippen molar-refractivity contribution in [3.8, 4) is 5.75 Å². The molecule has 0 aliphatic carbocycles. The van der Waals surface area contributed by atoms with Crippen molar-refractivity contribution in [3.63, 3.8) is 0 Å². The summed E-state index contributed by atoms with van der Waals surface area (Å²) in [4.78, 5) is 0. The molecule has 0 bridgehead atoms. The van der Waals surface area contributed by atoms with Gasteiger partial charge in [-0.25, -0.2) is 0 Å². The highest BCUT2D eigenvalue weighted by atomic mass is 16.7. The lowest BCUT2D eigenvalue weighted by atomic mass is 10.1. The molecule has 0 saturated carbocycles. The largest absolute Gasteiger partial charge is 0.497 e. The normalized spacial score (nSPS) is 22.0. The first-order valence-electron chi connectivity index (χ1n) is 7.21. The maximum absolute atomic E-state index is 5.89. The number of benzene rings is 1. The van der Waals surface area contributed by atoms with E-state index in [9.17, 15) is 0 Å². The van der Waals surface area contributed by atoms with E-state index < -0.39 is 5.79 Å². The first kappa shape index (κ1) is 16.0. The van der Waals surface area contributed by atoms with Gasteiger partial charge in [-0.2, -0.15) is 0 Å². The van der Waals surface area contributed by atoms with Crippen LogP contribution >= 0.6 is 0 Å². The van der Waals surface area contributed by atoms with Crippen LogP contribution in [-0.2, 0) is 20.8 Å². The standard InChI is InChI=1S/C17H24O4/c1-5-14(10-16-12-20-17(2,3)21-16)19-11-13-6-8-15(18-4)9-7-13/h5-9,14,16H,1,10-12H2,2-4H3/t14-,16+/m1/s1. The van der Waals surface area contributed by atoms with Crippen molar-refractivity contribution in [1.82, 2.24) is 0 Å². The summed E-state index contributed by atoms with van der Waals surface area (Å²) in [6.45, 7) is 8.83. The number of rotatable bonds is 7. The van der Waals surface area contributed by atoms with Crippen LogP contribution < -0.4 is 4.74 Å². The van der Waals surface area contributed by atoms with Gasteiger partial charge in [0.05, 0.1) is 32.5 Å². The summed E-state index contributed by atoms with van der Waals surface area (Å²) < 4.78 is 22.4. The van der Waals surface area contributed by atoms with Crippen molar-refractivity contribution < 1.29 is 18.9 Å². The molecule has 116 valence electrons. The van der Waals surface area contributed by atoms with Gasteiger partial charge in [-0.1, -0.05) is 18.2 Å². The van der Waals surface area contributed by atoms with Crippen molar-refractivity contribution in [3.05, 3.63) is 42.5 Å². The van der Waals surface area contributed by atoms with E-state index in [1.54, 1.807) is 7.11 Å². The van der Waals surface area contributed by atoms with Gasteiger partial charge in [-0.3, -0.25) is 0 Å². The summed E-state index contributed by atoms with van der Waals surface area (Å²) in [5.41, 5.74) is 1.10. The Kier molecular flexibility index (Phi) is 5.39. The van der Waals surface area contributed by atoms with Gasteiger partial charge >= 0.3 is 0 Å². The number of hydrogen-bond acceptors (Lipinski definition) is 4. The Hall–Kier alpha value is -1.36. The van der Waals surface area contributed by atoms with Crippen LogP contribution in [0.15, 0.2) is 36.9 Å². The predicted octanol–water partition coefficient (Wildman–Crippen LogP) is 3.31. The molecule has 0 N–H and O–H groups in total. The van der Waals surface area contributed by atoms with Crippen molar-refractivity contribution in [1.29, 1.82) is 0 Å². The Balaban J connectivity index is 1.80. The van der Waals surface area contributed by atoms with Gasteiger partial charge in [-0.05, 0) is 31.5 Å². The Morgan fingerprint density at radius 1 is 1.38 bits per heavy atom. The van der Waals surface area contributed by atoms with Gasteiger partial charge in [0.15, 0.2) is 5.79 Å². The van der Waals surface area contributed by atoms with E-state index in [2.05, 4.69) is 6.58 Å². The van der Waals surface area contributed by atoms with Gasteiger partial charge in [-0.15, -0.1) is 6.58 Å². The maximum atomic E-state index is 5.89. The second kappa shape index (κ2) is 7.07. The molecule has 1 aliphatic heterocycles. The zero-order chi connectivity index (χ0) is 15.3. The zero-order valence-corrected chi connectivity index (χ0v) is 13.0. The van der Waals surface area contributed by atoms with Crippen LogP contribution in [-0.4, -0.2) is 31.7 Å². The lowest BCUT2D eigenvalue weighted by Crippen LogP contribution is -2.24. The molecule has 0 aromatic heterocycles. The lowest BCUT2D eigenvalue weighted by molar-refractivity contribution is -0.141. The topological polar surface area (TPSA) is 36.9 Å². The summed E-state index contributed by atoms with van der Waals surface area (Å²) >= 11 is 0. The highest BCUT2D eigenvalue weighted by Gasteiger charge is 2.33. The average molecular weight is 292 g/mol. The fraction of sp³-hybridized carbons (Fsp3) is 0.529. The first-order valence-corrected chi connectivity index (χ1v) is 7.21. The molecule has 21 heavy (non-hydrogen) atoms. The van der Waals surface area contributed by atoms with E-state index in [-0.39, 0.29) is 12.2 Å². The van der Waals surface area contributed by atoms with Crippen molar-refractivity contribution >= 4 is 0 Å². The Morgan fingerprint density at radius 2 is 2.10 bits per heavy atom. The fourth-order valence-corrected chi connectivity index (χ4v) is 2.30. The SMILES string of the molecule is C=C[C@H](C[C@H]1COC(C)(C)O1)OCc1ccc(OC)cc1. The molecule has 0 amide bonds. The van der Waals surface area contributed by atoms with E-state index in [0.717, 1.165) is 17.7 Å². The number of ether oxygens (including phenoxy) is 4. The molecule has 1 heterocycles. The summed E-state index contributed by atoms with van der Waals surface area (Å²) in [6.07, 6.45) is 2.58. The molecule has 1 fully saturated rings. The molecular formula is C17H24O4. The Bertz CT molecular complexity index is 452. The van der Waals surface area contributed by atoms with E-state index in [1.165, 1.54) is 0 Å². The zero-order valence-electron chi connectivity index (χ0n) is 13.0. The van der Waals surface area contributed by atoms with Crippen LogP contribution in [0.5, 0.6) is 5.75 Å². The smallest absolute Gasteiger partial charge is 0.163 e. The molecule has 1 saturated heterocycles. The van der Waals surface area contributed by atoms with E-state index in [1.807, 2.05) is 44.2 Å². The minimum Gasteiger partial charge on any atom is -0.497 e. The third kappa shape index (κ3) is 4.84. The first-order chi connectivity index (χ1) is 10.0. The highest BCUT2D eigenvalue weighted by Crippen LogP contribution is 2.26. The van der Waals surface area contributed by atoms with Gasteiger partial charge in [0.2, 0.25) is 0 Å². The van der Waals surface area contributed by atoms with E-state index in [4.69, 9.17) is 18.9 Å². The quantitative estimate of drug-likeness (QED) is 0.723. The fourth-order valence-electron chi connectivity index (χ4n) is 2.30. The Labute approximate surface area is 126 Å². The second-order valence-electron chi connectivity index (χ2n) is 5.62. The molecule has 1 aliphatic rings. The third-order valence-electron chi connectivity index (χ3n) is 3.45. The van der Waals surface area contributed by atoms with Gasteiger partial charge in [0.1, 0.15) is 5.75 Å². The average Bonchev–Trinajstić information content (AvgIpc) is 2.83. The molecular weight excluding hydrogens is 268 g/mol. The molecule has 2 rings (SSSR count). The van der Waals surface area contributed by atoms with Crippen LogP contribution in [0.1, 0.15) is 25.8 Å². The molecule has 0 spiro atoms. The summed E-state index contributed by atoms with van der Waals surface area (Å²) in [6, 6.07) is 7.85. The monoisotopic (exact) mass is 292 g/mol. The van der Waals surface area contributed by atoms with Crippen LogP contribution in [0.2, 0.25) is 0 Å². The molecule has 0 radical (unpaired) electrons. The molecule has 1 aromatic carbocycles. The number of methoxy groups -OCH3 is 1. The summed E-state index contributed by atoms with van der Waals surface area (Å²) in [5.74, 6) is 0.351. The van der Waals surface area contributed by atoms with Crippen LogP contribution in [0, 0.1) is 0 Å². The van der Waals surface area contributed by atoms with Gasteiger partial charge < -0.3 is 18.9 Å². The highest BCUT2D eigenvalue weighted by molar-refractivity contribution is 5.26. The molecule has 2 atom stereocenters. The van der Waals surface area contributed by atoms with Crippen LogP contribution in [0.4, 0.5) is 0 Å².